The maximum absolute atomic E-state index is 13.3. The fourth-order valence-electron chi connectivity index (χ4n) is 4.11. The van der Waals surface area contributed by atoms with Gasteiger partial charge in [-0.3, -0.25) is 4.72 Å². The molecular weight excluding hydrogens is 459 g/mol. The highest BCUT2D eigenvalue weighted by atomic mass is 32.2. The first-order valence-corrected chi connectivity index (χ1v) is 13.1. The number of hydrogen-bond acceptors (Lipinski definition) is 6. The average Bonchev–Trinajstić information content (AvgIpc) is 3.20. The van der Waals surface area contributed by atoms with Gasteiger partial charge in [-0.15, -0.1) is 0 Å². The van der Waals surface area contributed by atoms with Gasteiger partial charge < -0.3 is 10.1 Å². The summed E-state index contributed by atoms with van der Waals surface area (Å²) in [5.41, 5.74) is 2.98. The average molecular weight is 489 g/mol. The maximum atomic E-state index is 13.3. The molecule has 0 amide bonds. The summed E-state index contributed by atoms with van der Waals surface area (Å²) in [4.78, 5) is 9.90. The van der Waals surface area contributed by atoms with Crippen LogP contribution < -0.4 is 14.8 Å². The van der Waals surface area contributed by atoms with Gasteiger partial charge in [0.2, 0.25) is 5.95 Å². The molecule has 0 saturated heterocycles. The molecule has 1 aliphatic carbocycles. The lowest BCUT2D eigenvalue weighted by atomic mass is 9.89. The van der Waals surface area contributed by atoms with Gasteiger partial charge in [0.15, 0.2) is 16.1 Å². The molecule has 1 fully saturated rings. The zero-order valence-corrected chi connectivity index (χ0v) is 20.7. The minimum Gasteiger partial charge on any atom is -0.495 e. The Morgan fingerprint density at radius 3 is 2.73 bits per heavy atom. The summed E-state index contributed by atoms with van der Waals surface area (Å²) in [6, 6.07) is 6.93. The minimum absolute atomic E-state index is 0.503. The van der Waals surface area contributed by atoms with Gasteiger partial charge in [-0.05, 0) is 68.0 Å². The van der Waals surface area contributed by atoms with E-state index in [4.69, 9.17) is 9.72 Å². The number of nitrogens with zero attached hydrogens (tertiary/aromatic N) is 2. The molecule has 0 radical (unpaired) electrons. The molecule has 2 N–H and O–H groups in total. The van der Waals surface area contributed by atoms with Gasteiger partial charge in [-0.2, -0.15) is 4.39 Å². The lowest BCUT2D eigenvalue weighted by Crippen LogP contribution is -2.16. The normalized spacial score (nSPS) is 15.3. The van der Waals surface area contributed by atoms with Crippen LogP contribution in [0.25, 0.3) is 10.4 Å². The molecule has 2 heterocycles. The second kappa shape index (κ2) is 10.6. The zero-order valence-electron chi connectivity index (χ0n) is 19.1. The Morgan fingerprint density at radius 1 is 1.21 bits per heavy atom. The predicted octanol–water partition coefficient (Wildman–Crippen LogP) is 6.10. The van der Waals surface area contributed by atoms with Crippen LogP contribution in [0, 0.1) is 25.7 Å². The Kier molecular flexibility index (Phi) is 7.60. The second-order valence-electron chi connectivity index (χ2n) is 8.38. The standard InChI is InChI=1S/C24H29FN4O2S2/c1-15-11-22(25)26-14-19(15)29-33(30)21-12-18(9-10-20(21)31-3)23-16(2)28-24(32-23)27-13-17-7-5-4-6-8-17/h9-12,14,17,29H,4-8,13H2,1-3H3,(H,27,28). The van der Waals surface area contributed by atoms with Crippen LogP contribution in [-0.2, 0) is 11.0 Å². The number of aryl methyl sites for hydroxylation is 2. The molecule has 9 heteroatoms. The summed E-state index contributed by atoms with van der Waals surface area (Å²) in [5, 5.41) is 4.44. The molecule has 3 aromatic rings. The molecule has 1 atom stereocenters. The molecule has 1 aromatic carbocycles. The van der Waals surface area contributed by atoms with Crippen LogP contribution in [0.4, 0.5) is 15.2 Å². The third kappa shape index (κ3) is 5.70. The van der Waals surface area contributed by atoms with E-state index in [1.807, 2.05) is 25.1 Å². The molecular formula is C24H29FN4O2S2. The highest BCUT2D eigenvalue weighted by molar-refractivity contribution is 7.86. The van der Waals surface area contributed by atoms with Gasteiger partial charge in [0, 0.05) is 6.54 Å². The molecule has 1 aliphatic rings. The predicted molar refractivity (Wildman–Crippen MR) is 133 cm³/mol. The number of anilines is 2. The number of ether oxygens (including phenoxy) is 1. The highest BCUT2D eigenvalue weighted by Gasteiger charge is 2.18. The number of thiazole rings is 1. The number of halogens is 1. The fraction of sp³-hybridized carbons (Fsp3) is 0.417. The summed E-state index contributed by atoms with van der Waals surface area (Å²) in [6.45, 7) is 4.68. The Bertz CT molecular complexity index is 1150. The third-order valence-corrected chi connectivity index (χ3v) is 8.26. The smallest absolute Gasteiger partial charge is 0.213 e. The Labute approximate surface area is 200 Å². The number of benzene rings is 1. The van der Waals surface area contributed by atoms with Crippen molar-refractivity contribution in [2.75, 3.05) is 23.7 Å². The molecule has 2 aromatic heterocycles. The van der Waals surface area contributed by atoms with Crippen molar-refractivity contribution in [2.24, 2.45) is 5.92 Å². The number of pyridine rings is 1. The SMILES string of the molecule is COc1ccc(-c2sc(NCC3CCCCC3)nc2C)cc1S(=O)Nc1cnc(F)cc1C. The lowest BCUT2D eigenvalue weighted by molar-refractivity contribution is 0.373. The van der Waals surface area contributed by atoms with E-state index >= 15 is 0 Å². The van der Waals surface area contributed by atoms with E-state index in [2.05, 4.69) is 15.0 Å². The second-order valence-corrected chi connectivity index (χ2v) is 10.6. The van der Waals surface area contributed by atoms with Gasteiger partial charge in [0.05, 0.1) is 29.6 Å². The topological polar surface area (TPSA) is 76.1 Å². The minimum atomic E-state index is -1.62. The number of hydrogen-bond donors (Lipinski definition) is 2. The largest absolute Gasteiger partial charge is 0.495 e. The molecule has 4 rings (SSSR count). The van der Waals surface area contributed by atoms with Crippen molar-refractivity contribution in [1.29, 1.82) is 0 Å². The van der Waals surface area contributed by atoms with Gasteiger partial charge in [0.1, 0.15) is 10.6 Å². The van der Waals surface area contributed by atoms with Crippen LogP contribution in [0.15, 0.2) is 35.4 Å². The van der Waals surface area contributed by atoms with Crippen LogP contribution in [0.1, 0.15) is 43.4 Å². The zero-order chi connectivity index (χ0) is 23.4. The molecule has 0 bridgehead atoms. The number of methoxy groups -OCH3 is 1. The van der Waals surface area contributed by atoms with Crippen LogP contribution in [-0.4, -0.2) is 27.8 Å². The maximum Gasteiger partial charge on any atom is 0.213 e. The Hall–Kier alpha value is -2.52. The van der Waals surface area contributed by atoms with Crippen molar-refractivity contribution in [1.82, 2.24) is 9.97 Å². The molecule has 1 unspecified atom stereocenters. The van der Waals surface area contributed by atoms with E-state index < -0.39 is 16.9 Å². The third-order valence-electron chi connectivity index (χ3n) is 5.97. The van der Waals surface area contributed by atoms with E-state index in [-0.39, 0.29) is 0 Å². The monoisotopic (exact) mass is 488 g/mol. The van der Waals surface area contributed by atoms with Crippen LogP contribution in [0.5, 0.6) is 5.75 Å². The molecule has 33 heavy (non-hydrogen) atoms. The molecule has 1 saturated carbocycles. The first-order valence-electron chi connectivity index (χ1n) is 11.1. The highest BCUT2D eigenvalue weighted by Crippen LogP contribution is 2.36. The van der Waals surface area contributed by atoms with Crippen molar-refractivity contribution in [3.8, 4) is 16.2 Å². The van der Waals surface area contributed by atoms with E-state index in [0.29, 0.717) is 21.9 Å². The van der Waals surface area contributed by atoms with Gasteiger partial charge in [0.25, 0.3) is 0 Å². The summed E-state index contributed by atoms with van der Waals surface area (Å²) >= 11 is 1.61. The summed E-state index contributed by atoms with van der Waals surface area (Å²) in [6.07, 6.45) is 7.91. The number of rotatable bonds is 8. The first kappa shape index (κ1) is 23.6. The summed E-state index contributed by atoms with van der Waals surface area (Å²) in [7, 11) is -0.0750. The Balaban J connectivity index is 1.54. The van der Waals surface area contributed by atoms with Crippen molar-refractivity contribution in [2.45, 2.75) is 50.8 Å². The Morgan fingerprint density at radius 2 is 2.00 bits per heavy atom. The van der Waals surface area contributed by atoms with E-state index in [1.54, 1.807) is 25.4 Å². The molecule has 176 valence electrons. The summed E-state index contributed by atoms with van der Waals surface area (Å²) in [5.74, 6) is 0.656. The quantitative estimate of drug-likeness (QED) is 0.375. The van der Waals surface area contributed by atoms with Crippen LogP contribution in [0.2, 0.25) is 0 Å². The van der Waals surface area contributed by atoms with Crippen molar-refractivity contribution >= 4 is 33.1 Å². The van der Waals surface area contributed by atoms with E-state index in [9.17, 15) is 8.60 Å². The van der Waals surface area contributed by atoms with Gasteiger partial charge >= 0.3 is 0 Å². The van der Waals surface area contributed by atoms with Crippen LogP contribution >= 0.6 is 11.3 Å². The van der Waals surface area contributed by atoms with Crippen LogP contribution in [0.3, 0.4) is 0 Å². The number of aromatic nitrogens is 2. The molecule has 0 aliphatic heterocycles. The molecule has 0 spiro atoms. The lowest BCUT2D eigenvalue weighted by Gasteiger charge is -2.21. The van der Waals surface area contributed by atoms with E-state index in [1.165, 1.54) is 44.4 Å². The summed E-state index contributed by atoms with van der Waals surface area (Å²) < 4.78 is 34.9. The van der Waals surface area contributed by atoms with Crippen molar-refractivity contribution in [3.63, 3.8) is 0 Å². The van der Waals surface area contributed by atoms with Crippen molar-refractivity contribution in [3.05, 3.63) is 47.7 Å². The van der Waals surface area contributed by atoms with Gasteiger partial charge in [-0.1, -0.05) is 30.6 Å². The first-order chi connectivity index (χ1) is 15.9. The molecule has 6 nitrogen and oxygen atoms in total. The number of nitrogens with one attached hydrogen (secondary N) is 2. The van der Waals surface area contributed by atoms with E-state index in [0.717, 1.165) is 33.7 Å². The van der Waals surface area contributed by atoms with Crippen molar-refractivity contribution < 1.29 is 13.3 Å². The fourth-order valence-corrected chi connectivity index (χ4v) is 6.17. The van der Waals surface area contributed by atoms with Gasteiger partial charge in [-0.25, -0.2) is 14.2 Å².